The molecule has 0 spiro atoms. The zero-order chi connectivity index (χ0) is 10.5. The Morgan fingerprint density at radius 3 is 2.79 bits per heavy atom. The summed E-state index contributed by atoms with van der Waals surface area (Å²) in [6.07, 6.45) is 0.910. The van der Waals surface area contributed by atoms with Crippen LogP contribution < -0.4 is 10.5 Å². The highest BCUT2D eigenvalue weighted by Gasteiger charge is 2.33. The molecule has 0 aromatic heterocycles. The summed E-state index contributed by atoms with van der Waals surface area (Å²) in [4.78, 5) is 0. The van der Waals surface area contributed by atoms with Crippen LogP contribution in [0.3, 0.4) is 0 Å². The van der Waals surface area contributed by atoms with E-state index >= 15 is 0 Å². The van der Waals surface area contributed by atoms with Crippen molar-refractivity contribution in [3.63, 3.8) is 0 Å². The second-order valence-corrected chi connectivity index (χ2v) is 5.29. The first-order valence-corrected chi connectivity index (χ1v) is 5.46. The molecule has 1 aromatic rings. The molecule has 1 aliphatic rings. The van der Waals surface area contributed by atoms with Gasteiger partial charge >= 0.3 is 0 Å². The lowest BCUT2D eigenvalue weighted by molar-refractivity contribution is 0.139. The first kappa shape index (κ1) is 9.84. The van der Waals surface area contributed by atoms with Gasteiger partial charge in [-0.25, -0.2) is 0 Å². The lowest BCUT2D eigenvalue weighted by atomic mass is 10.0. The molecule has 0 atom stereocenters. The molecule has 0 unspecified atom stereocenters. The quantitative estimate of drug-likeness (QED) is 0.724. The normalized spacial score (nSPS) is 17.7. The van der Waals surface area contributed by atoms with Crippen molar-refractivity contribution in [2.75, 3.05) is 5.73 Å². The fourth-order valence-electron chi connectivity index (χ4n) is 1.82. The zero-order valence-electron chi connectivity index (χ0n) is 8.65. The number of benzene rings is 1. The van der Waals surface area contributed by atoms with Gasteiger partial charge in [-0.1, -0.05) is 15.9 Å². The van der Waals surface area contributed by atoms with E-state index in [1.807, 2.05) is 6.92 Å². The highest BCUT2D eigenvalue weighted by molar-refractivity contribution is 9.10. The van der Waals surface area contributed by atoms with Gasteiger partial charge in [0, 0.05) is 16.5 Å². The van der Waals surface area contributed by atoms with Crippen molar-refractivity contribution in [2.45, 2.75) is 32.8 Å². The number of halogens is 1. The second-order valence-electron chi connectivity index (χ2n) is 4.44. The van der Waals surface area contributed by atoms with Crippen molar-refractivity contribution >= 4 is 21.6 Å². The molecule has 0 radical (unpaired) electrons. The van der Waals surface area contributed by atoms with Crippen LogP contribution in [0.5, 0.6) is 5.75 Å². The highest BCUT2D eigenvalue weighted by Crippen LogP contribution is 2.44. The van der Waals surface area contributed by atoms with Gasteiger partial charge in [0.25, 0.3) is 0 Å². The summed E-state index contributed by atoms with van der Waals surface area (Å²) in [6.45, 7) is 6.15. The molecule has 3 heteroatoms. The van der Waals surface area contributed by atoms with Gasteiger partial charge in [-0.3, -0.25) is 0 Å². The van der Waals surface area contributed by atoms with Gasteiger partial charge in [0.05, 0.1) is 5.69 Å². The minimum absolute atomic E-state index is 0.132. The summed E-state index contributed by atoms with van der Waals surface area (Å²) < 4.78 is 6.93. The molecule has 0 fully saturated rings. The van der Waals surface area contributed by atoms with E-state index in [-0.39, 0.29) is 5.60 Å². The lowest BCUT2D eigenvalue weighted by Crippen LogP contribution is -2.24. The summed E-state index contributed by atoms with van der Waals surface area (Å²) in [5.74, 6) is 0.863. The van der Waals surface area contributed by atoms with Gasteiger partial charge in [0.1, 0.15) is 11.4 Å². The van der Waals surface area contributed by atoms with Crippen molar-refractivity contribution in [1.82, 2.24) is 0 Å². The van der Waals surface area contributed by atoms with E-state index in [1.165, 1.54) is 5.56 Å². The number of nitrogen functional groups attached to an aromatic ring is 1. The Hall–Kier alpha value is -0.700. The van der Waals surface area contributed by atoms with Gasteiger partial charge in [0.2, 0.25) is 0 Å². The smallest absolute Gasteiger partial charge is 0.147 e. The van der Waals surface area contributed by atoms with Gasteiger partial charge in [-0.05, 0) is 32.4 Å². The predicted molar refractivity (Wildman–Crippen MR) is 61.7 cm³/mol. The molecule has 0 amide bonds. The largest absolute Gasteiger partial charge is 0.485 e. The van der Waals surface area contributed by atoms with Crippen LogP contribution in [0, 0.1) is 6.92 Å². The molecule has 1 heterocycles. The number of anilines is 1. The third kappa shape index (κ3) is 1.40. The van der Waals surface area contributed by atoms with Gasteiger partial charge in [-0.2, -0.15) is 0 Å². The topological polar surface area (TPSA) is 35.2 Å². The van der Waals surface area contributed by atoms with E-state index < -0.39 is 0 Å². The Kier molecular flexibility index (Phi) is 2.03. The van der Waals surface area contributed by atoms with Crippen LogP contribution in [-0.2, 0) is 6.42 Å². The van der Waals surface area contributed by atoms with Crippen molar-refractivity contribution in [3.8, 4) is 5.75 Å². The van der Waals surface area contributed by atoms with Gasteiger partial charge < -0.3 is 10.5 Å². The molecule has 1 aromatic carbocycles. The molecule has 2 rings (SSSR count). The number of fused-ring (bicyclic) bond motifs is 1. The molecular formula is C11H14BrNO. The number of rotatable bonds is 0. The summed E-state index contributed by atoms with van der Waals surface area (Å²) in [5.41, 5.74) is 8.87. The van der Waals surface area contributed by atoms with E-state index in [0.29, 0.717) is 0 Å². The van der Waals surface area contributed by atoms with Crippen LogP contribution in [0.1, 0.15) is 25.0 Å². The molecule has 1 aliphatic heterocycles. The maximum Gasteiger partial charge on any atom is 0.147 e. The number of aryl methyl sites for hydroxylation is 1. The van der Waals surface area contributed by atoms with Crippen molar-refractivity contribution in [3.05, 3.63) is 21.7 Å². The summed E-state index contributed by atoms with van der Waals surface area (Å²) >= 11 is 3.55. The predicted octanol–water partition coefficient (Wildman–Crippen LogP) is 3.05. The first-order chi connectivity index (χ1) is 6.41. The van der Waals surface area contributed by atoms with Gasteiger partial charge in [-0.15, -0.1) is 0 Å². The van der Waals surface area contributed by atoms with Crippen LogP contribution in [0.25, 0.3) is 0 Å². The zero-order valence-corrected chi connectivity index (χ0v) is 10.2. The van der Waals surface area contributed by atoms with Crippen molar-refractivity contribution < 1.29 is 4.74 Å². The van der Waals surface area contributed by atoms with E-state index in [4.69, 9.17) is 10.5 Å². The van der Waals surface area contributed by atoms with Crippen LogP contribution >= 0.6 is 15.9 Å². The Bertz CT molecular complexity index is 399. The molecule has 2 nitrogen and oxygen atoms in total. The Balaban J connectivity index is 2.61. The first-order valence-electron chi connectivity index (χ1n) is 4.67. The van der Waals surface area contributed by atoms with Crippen molar-refractivity contribution in [1.29, 1.82) is 0 Å². The van der Waals surface area contributed by atoms with Crippen LogP contribution in [0.15, 0.2) is 10.5 Å². The highest BCUT2D eigenvalue weighted by atomic mass is 79.9. The molecule has 76 valence electrons. The number of nitrogens with two attached hydrogens (primary N) is 1. The number of hydrogen-bond donors (Lipinski definition) is 1. The molecule has 0 saturated heterocycles. The maximum atomic E-state index is 5.98. The van der Waals surface area contributed by atoms with E-state index in [2.05, 4.69) is 35.8 Å². The number of hydrogen-bond acceptors (Lipinski definition) is 2. The summed E-state index contributed by atoms with van der Waals surface area (Å²) in [7, 11) is 0. The Labute approximate surface area is 92.6 Å². The average Bonchev–Trinajstić information content (AvgIpc) is 2.38. The minimum atomic E-state index is -0.132. The van der Waals surface area contributed by atoms with E-state index in [1.54, 1.807) is 0 Å². The molecule has 0 saturated carbocycles. The maximum absolute atomic E-state index is 5.98. The average molecular weight is 256 g/mol. The molecular weight excluding hydrogens is 242 g/mol. The standard InChI is InChI=1S/C11H14BrNO/c1-6-4-8(12)7-5-11(2,3)14-10(7)9(6)13/h4H,5,13H2,1-3H3. The molecule has 14 heavy (non-hydrogen) atoms. The number of ether oxygens (including phenoxy) is 1. The third-order valence-corrected chi connectivity index (χ3v) is 3.26. The lowest BCUT2D eigenvalue weighted by Gasteiger charge is -2.17. The van der Waals surface area contributed by atoms with E-state index in [9.17, 15) is 0 Å². The van der Waals surface area contributed by atoms with Crippen LogP contribution in [0.2, 0.25) is 0 Å². The second kappa shape index (κ2) is 2.89. The molecule has 0 bridgehead atoms. The monoisotopic (exact) mass is 255 g/mol. The van der Waals surface area contributed by atoms with Crippen LogP contribution in [0.4, 0.5) is 5.69 Å². The van der Waals surface area contributed by atoms with Crippen LogP contribution in [-0.4, -0.2) is 5.60 Å². The Morgan fingerprint density at radius 2 is 2.14 bits per heavy atom. The molecule has 0 aliphatic carbocycles. The SMILES string of the molecule is Cc1cc(Br)c2c(c1N)OC(C)(C)C2. The Morgan fingerprint density at radius 1 is 1.50 bits per heavy atom. The summed E-state index contributed by atoms with van der Waals surface area (Å²) in [5, 5.41) is 0. The fourth-order valence-corrected chi connectivity index (χ4v) is 2.49. The van der Waals surface area contributed by atoms with Crippen molar-refractivity contribution in [2.24, 2.45) is 0 Å². The fraction of sp³-hybridized carbons (Fsp3) is 0.455. The van der Waals surface area contributed by atoms with Gasteiger partial charge in [0.15, 0.2) is 0 Å². The summed E-state index contributed by atoms with van der Waals surface area (Å²) in [6, 6.07) is 2.05. The van der Waals surface area contributed by atoms with E-state index in [0.717, 1.165) is 27.9 Å². The third-order valence-electron chi connectivity index (χ3n) is 2.56. The minimum Gasteiger partial charge on any atom is -0.485 e. The molecule has 2 N–H and O–H groups in total.